The van der Waals surface area contributed by atoms with Crippen molar-refractivity contribution in [3.8, 4) is 0 Å². The van der Waals surface area contributed by atoms with Crippen molar-refractivity contribution in [1.82, 2.24) is 0 Å². The highest BCUT2D eigenvalue weighted by molar-refractivity contribution is 4.97. The van der Waals surface area contributed by atoms with Crippen molar-refractivity contribution in [2.24, 2.45) is 11.8 Å². The van der Waals surface area contributed by atoms with E-state index in [4.69, 9.17) is 14.2 Å². The molecule has 0 aromatic carbocycles. The largest absolute Gasteiger partial charge is 0.384 e. The molecule has 3 atom stereocenters. The first-order valence-corrected chi connectivity index (χ1v) is 6.66. The zero-order valence-corrected chi connectivity index (χ0v) is 12.0. The maximum Gasteiger partial charge on any atom is 0.0756 e. The van der Waals surface area contributed by atoms with E-state index in [9.17, 15) is 0 Å². The summed E-state index contributed by atoms with van der Waals surface area (Å²) < 4.78 is 17.0. The smallest absolute Gasteiger partial charge is 0.0756 e. The summed E-state index contributed by atoms with van der Waals surface area (Å²) in [6.07, 6.45) is 4.77. The van der Waals surface area contributed by atoms with Crippen molar-refractivity contribution < 1.29 is 14.2 Å². The molecule has 1 saturated carbocycles. The van der Waals surface area contributed by atoms with Crippen molar-refractivity contribution in [3.63, 3.8) is 0 Å². The highest BCUT2D eigenvalue weighted by Gasteiger charge is 2.46. The number of hydrogen-bond donors (Lipinski definition) is 0. The van der Waals surface area contributed by atoms with Crippen LogP contribution >= 0.6 is 0 Å². The third kappa shape index (κ3) is 3.43. The first-order valence-electron chi connectivity index (χ1n) is 6.66. The number of ether oxygens (including phenoxy) is 3. The van der Waals surface area contributed by atoms with E-state index in [1.54, 1.807) is 14.2 Å². The molecule has 0 spiro atoms. The molecule has 0 heterocycles. The molecule has 0 aromatic heterocycles. The predicted octanol–water partition coefficient (Wildman–Crippen LogP) is 2.88. The van der Waals surface area contributed by atoms with Crippen LogP contribution in [0.1, 0.15) is 39.5 Å². The molecule has 1 fully saturated rings. The average Bonchev–Trinajstić information content (AvgIpc) is 2.31. The monoisotopic (exact) mass is 244 g/mol. The van der Waals surface area contributed by atoms with E-state index >= 15 is 0 Å². The average molecular weight is 244 g/mol. The van der Waals surface area contributed by atoms with E-state index in [1.165, 1.54) is 6.42 Å². The van der Waals surface area contributed by atoms with Gasteiger partial charge in [-0.25, -0.2) is 0 Å². The molecular weight excluding hydrogens is 216 g/mol. The lowest BCUT2D eigenvalue weighted by molar-refractivity contribution is -0.160. The summed E-state index contributed by atoms with van der Waals surface area (Å²) in [4.78, 5) is 0. The Labute approximate surface area is 106 Å². The molecule has 3 heteroatoms. The van der Waals surface area contributed by atoms with Gasteiger partial charge in [0.1, 0.15) is 0 Å². The fourth-order valence-corrected chi connectivity index (χ4v) is 3.33. The maximum atomic E-state index is 5.93. The third-order valence-corrected chi connectivity index (χ3v) is 4.02. The maximum absolute atomic E-state index is 5.93. The number of hydrogen-bond acceptors (Lipinski definition) is 3. The Morgan fingerprint density at radius 1 is 1.24 bits per heavy atom. The second-order valence-corrected chi connectivity index (χ2v) is 5.60. The molecule has 0 amide bonds. The Kier molecular flexibility index (Phi) is 5.90. The fraction of sp³-hybridized carbons (Fsp3) is 1.00. The Morgan fingerprint density at radius 3 is 2.41 bits per heavy atom. The molecule has 1 rings (SSSR count). The van der Waals surface area contributed by atoms with Gasteiger partial charge >= 0.3 is 0 Å². The van der Waals surface area contributed by atoms with Gasteiger partial charge in [0.05, 0.1) is 18.3 Å². The van der Waals surface area contributed by atoms with Gasteiger partial charge in [-0.1, -0.05) is 13.8 Å². The minimum Gasteiger partial charge on any atom is -0.384 e. The molecule has 3 unspecified atom stereocenters. The van der Waals surface area contributed by atoms with Crippen molar-refractivity contribution in [3.05, 3.63) is 0 Å². The molecule has 1 aliphatic carbocycles. The summed E-state index contributed by atoms with van der Waals surface area (Å²) in [7, 11) is 5.40. The van der Waals surface area contributed by atoms with Crippen LogP contribution in [0.3, 0.4) is 0 Å². The van der Waals surface area contributed by atoms with E-state index in [0.29, 0.717) is 11.8 Å². The van der Waals surface area contributed by atoms with E-state index in [1.807, 2.05) is 7.11 Å². The predicted molar refractivity (Wildman–Crippen MR) is 69.2 cm³/mol. The van der Waals surface area contributed by atoms with Crippen LogP contribution in [0, 0.1) is 11.8 Å². The summed E-state index contributed by atoms with van der Waals surface area (Å²) >= 11 is 0. The van der Waals surface area contributed by atoms with Crippen LogP contribution in [0.2, 0.25) is 0 Å². The van der Waals surface area contributed by atoms with Crippen LogP contribution in [0.25, 0.3) is 0 Å². The Morgan fingerprint density at radius 2 is 1.94 bits per heavy atom. The zero-order chi connectivity index (χ0) is 12.9. The minimum atomic E-state index is -0.0664. The van der Waals surface area contributed by atoms with Crippen LogP contribution < -0.4 is 0 Å². The van der Waals surface area contributed by atoms with Gasteiger partial charge in [-0.05, 0) is 31.6 Å². The molecule has 17 heavy (non-hydrogen) atoms. The quantitative estimate of drug-likeness (QED) is 0.719. The van der Waals surface area contributed by atoms with Gasteiger partial charge in [-0.2, -0.15) is 0 Å². The summed E-state index contributed by atoms with van der Waals surface area (Å²) in [6, 6.07) is 0. The van der Waals surface area contributed by atoms with Gasteiger partial charge in [0.15, 0.2) is 0 Å². The van der Waals surface area contributed by atoms with Crippen molar-refractivity contribution >= 4 is 0 Å². The van der Waals surface area contributed by atoms with Crippen LogP contribution in [-0.4, -0.2) is 39.6 Å². The number of methoxy groups -OCH3 is 3. The van der Waals surface area contributed by atoms with Crippen LogP contribution in [0.15, 0.2) is 0 Å². The second-order valence-electron chi connectivity index (χ2n) is 5.60. The molecular formula is C14H28O3. The summed E-state index contributed by atoms with van der Waals surface area (Å²) in [5.41, 5.74) is -0.0664. The SMILES string of the molecule is COCC1C(OC)CCCC1(CC(C)C)OC. The Hall–Kier alpha value is -0.120. The molecule has 1 aliphatic rings. The van der Waals surface area contributed by atoms with Crippen molar-refractivity contribution in [2.45, 2.75) is 51.2 Å². The van der Waals surface area contributed by atoms with Gasteiger partial charge < -0.3 is 14.2 Å². The number of rotatable bonds is 6. The van der Waals surface area contributed by atoms with Crippen LogP contribution in [0.5, 0.6) is 0 Å². The van der Waals surface area contributed by atoms with Crippen LogP contribution in [-0.2, 0) is 14.2 Å². The van der Waals surface area contributed by atoms with Gasteiger partial charge in [-0.3, -0.25) is 0 Å². The molecule has 3 nitrogen and oxygen atoms in total. The standard InChI is InChI=1S/C14H28O3/c1-11(2)9-14(17-5)8-6-7-13(16-4)12(14)10-15-3/h11-13H,6-10H2,1-5H3. The van der Waals surface area contributed by atoms with E-state index in [0.717, 1.165) is 25.9 Å². The summed E-state index contributed by atoms with van der Waals surface area (Å²) in [5, 5.41) is 0. The lowest BCUT2D eigenvalue weighted by Crippen LogP contribution is -2.52. The molecule has 0 N–H and O–H groups in total. The zero-order valence-electron chi connectivity index (χ0n) is 12.0. The Bertz CT molecular complexity index is 218. The normalized spacial score (nSPS) is 34.2. The first-order chi connectivity index (χ1) is 8.09. The van der Waals surface area contributed by atoms with Gasteiger partial charge in [0.25, 0.3) is 0 Å². The lowest BCUT2D eigenvalue weighted by Gasteiger charge is -2.47. The highest BCUT2D eigenvalue weighted by Crippen LogP contribution is 2.42. The van der Waals surface area contributed by atoms with Gasteiger partial charge in [-0.15, -0.1) is 0 Å². The fourth-order valence-electron chi connectivity index (χ4n) is 3.33. The molecule has 0 aliphatic heterocycles. The van der Waals surface area contributed by atoms with E-state index in [2.05, 4.69) is 13.8 Å². The molecule has 0 radical (unpaired) electrons. The van der Waals surface area contributed by atoms with Crippen molar-refractivity contribution in [1.29, 1.82) is 0 Å². The van der Waals surface area contributed by atoms with E-state index < -0.39 is 0 Å². The van der Waals surface area contributed by atoms with Crippen LogP contribution in [0.4, 0.5) is 0 Å². The topological polar surface area (TPSA) is 27.7 Å². The molecule has 102 valence electrons. The summed E-state index contributed by atoms with van der Waals surface area (Å²) in [6.45, 7) is 5.22. The molecule has 0 bridgehead atoms. The molecule has 0 saturated heterocycles. The summed E-state index contributed by atoms with van der Waals surface area (Å²) in [5.74, 6) is 0.976. The highest BCUT2D eigenvalue weighted by atomic mass is 16.5. The van der Waals surface area contributed by atoms with Gasteiger partial charge in [0.2, 0.25) is 0 Å². The molecule has 0 aromatic rings. The van der Waals surface area contributed by atoms with Gasteiger partial charge in [0, 0.05) is 27.2 Å². The first kappa shape index (κ1) is 14.9. The third-order valence-electron chi connectivity index (χ3n) is 4.02. The second kappa shape index (κ2) is 6.72. The van der Waals surface area contributed by atoms with E-state index in [-0.39, 0.29) is 11.7 Å². The Balaban J connectivity index is 2.88. The van der Waals surface area contributed by atoms with Crippen molar-refractivity contribution in [2.75, 3.05) is 27.9 Å². The minimum absolute atomic E-state index is 0.0664. The lowest BCUT2D eigenvalue weighted by atomic mass is 9.70.